The van der Waals surface area contributed by atoms with Crippen LogP contribution in [0.4, 0.5) is 0 Å². The maximum atomic E-state index is 12.2. The van der Waals surface area contributed by atoms with Crippen LogP contribution in [0.25, 0.3) is 0 Å². The summed E-state index contributed by atoms with van der Waals surface area (Å²) in [5.74, 6) is 0. The molecule has 0 saturated carbocycles. The molecule has 2 atom stereocenters. The van der Waals surface area contributed by atoms with E-state index in [0.717, 1.165) is 4.47 Å². The van der Waals surface area contributed by atoms with Crippen molar-refractivity contribution in [2.75, 3.05) is 6.61 Å². The van der Waals surface area contributed by atoms with Crippen molar-refractivity contribution in [2.24, 2.45) is 0 Å². The van der Waals surface area contributed by atoms with Crippen LogP contribution in [-0.4, -0.2) is 31.7 Å². The standard InChI is InChI=1S/C12H17BrO4S/c1-9(7-8-14)17-10(2)18(15,16)12-5-3-11(13)4-6-12/h3-6,9-10,14H,7-8H2,1-2H3/t9-,10?/m1/s1. The summed E-state index contributed by atoms with van der Waals surface area (Å²) in [4.78, 5) is 0.231. The molecule has 0 fully saturated rings. The molecule has 18 heavy (non-hydrogen) atoms. The summed E-state index contributed by atoms with van der Waals surface area (Å²) in [5, 5.41) is 8.77. The second-order valence-electron chi connectivity index (χ2n) is 4.03. The van der Waals surface area contributed by atoms with Gasteiger partial charge in [0.1, 0.15) is 0 Å². The monoisotopic (exact) mass is 336 g/mol. The molecule has 0 aromatic heterocycles. The molecule has 0 aliphatic rings. The molecule has 0 aliphatic carbocycles. The second-order valence-corrected chi connectivity index (χ2v) is 7.17. The molecule has 0 spiro atoms. The molecule has 102 valence electrons. The average molecular weight is 337 g/mol. The molecule has 0 amide bonds. The minimum absolute atomic E-state index is 0.0216. The number of hydrogen-bond donors (Lipinski definition) is 1. The number of benzene rings is 1. The van der Waals surface area contributed by atoms with Gasteiger partial charge in [-0.2, -0.15) is 0 Å². The van der Waals surface area contributed by atoms with Gasteiger partial charge in [0.25, 0.3) is 0 Å². The molecule has 1 rings (SSSR count). The van der Waals surface area contributed by atoms with E-state index in [1.54, 1.807) is 19.1 Å². The molecule has 0 heterocycles. The molecule has 1 aromatic rings. The number of rotatable bonds is 6. The van der Waals surface area contributed by atoms with E-state index in [9.17, 15) is 8.42 Å². The zero-order valence-electron chi connectivity index (χ0n) is 10.3. The van der Waals surface area contributed by atoms with Gasteiger partial charge in [0.05, 0.1) is 11.0 Å². The topological polar surface area (TPSA) is 63.6 Å². The minimum atomic E-state index is -3.49. The average Bonchev–Trinajstić information content (AvgIpc) is 2.29. The quantitative estimate of drug-likeness (QED) is 0.866. The second kappa shape index (κ2) is 6.65. The largest absolute Gasteiger partial charge is 0.396 e. The van der Waals surface area contributed by atoms with E-state index in [2.05, 4.69) is 15.9 Å². The SMILES string of the molecule is CC(O[C@H](C)CCO)S(=O)(=O)c1ccc(Br)cc1. The van der Waals surface area contributed by atoms with Gasteiger partial charge in [-0.25, -0.2) is 8.42 Å². The van der Waals surface area contributed by atoms with E-state index >= 15 is 0 Å². The van der Waals surface area contributed by atoms with Crippen LogP contribution >= 0.6 is 15.9 Å². The summed E-state index contributed by atoms with van der Waals surface area (Å²) in [6, 6.07) is 6.43. The lowest BCUT2D eigenvalue weighted by molar-refractivity contribution is 0.0347. The number of sulfone groups is 1. The molecule has 6 heteroatoms. The van der Waals surface area contributed by atoms with Gasteiger partial charge in [0, 0.05) is 11.1 Å². The van der Waals surface area contributed by atoms with Gasteiger partial charge in [-0.05, 0) is 44.5 Å². The van der Waals surface area contributed by atoms with Crippen molar-refractivity contribution >= 4 is 25.8 Å². The number of aliphatic hydroxyl groups is 1. The van der Waals surface area contributed by atoms with Crippen LogP contribution in [0.15, 0.2) is 33.6 Å². The first-order chi connectivity index (χ1) is 8.37. The van der Waals surface area contributed by atoms with Crippen molar-refractivity contribution < 1.29 is 18.3 Å². The maximum absolute atomic E-state index is 12.2. The number of ether oxygens (including phenoxy) is 1. The van der Waals surface area contributed by atoms with E-state index < -0.39 is 15.3 Å². The number of aliphatic hydroxyl groups excluding tert-OH is 1. The third kappa shape index (κ3) is 4.05. The van der Waals surface area contributed by atoms with E-state index in [0.29, 0.717) is 6.42 Å². The first kappa shape index (κ1) is 15.6. The van der Waals surface area contributed by atoms with Gasteiger partial charge in [0.2, 0.25) is 9.84 Å². The van der Waals surface area contributed by atoms with Crippen LogP contribution in [-0.2, 0) is 14.6 Å². The summed E-state index contributed by atoms with van der Waals surface area (Å²) in [5.41, 5.74) is -0.930. The van der Waals surface area contributed by atoms with Crippen LogP contribution < -0.4 is 0 Å². The smallest absolute Gasteiger partial charge is 0.204 e. The van der Waals surface area contributed by atoms with Crippen molar-refractivity contribution in [3.63, 3.8) is 0 Å². The summed E-state index contributed by atoms with van der Waals surface area (Å²) < 4.78 is 30.6. The van der Waals surface area contributed by atoms with Crippen LogP contribution in [0.5, 0.6) is 0 Å². The van der Waals surface area contributed by atoms with E-state index in [4.69, 9.17) is 9.84 Å². The van der Waals surface area contributed by atoms with Crippen molar-refractivity contribution in [3.8, 4) is 0 Å². The molecule has 0 bridgehead atoms. The Hall–Kier alpha value is -0.430. The molecule has 4 nitrogen and oxygen atoms in total. The Morgan fingerprint density at radius 2 is 1.83 bits per heavy atom. The summed E-state index contributed by atoms with van der Waals surface area (Å²) >= 11 is 3.26. The van der Waals surface area contributed by atoms with Crippen molar-refractivity contribution in [1.29, 1.82) is 0 Å². The summed E-state index contributed by atoms with van der Waals surface area (Å²) in [7, 11) is -3.49. The van der Waals surface area contributed by atoms with Gasteiger partial charge >= 0.3 is 0 Å². The molecule has 0 radical (unpaired) electrons. The van der Waals surface area contributed by atoms with Crippen molar-refractivity contribution in [3.05, 3.63) is 28.7 Å². The van der Waals surface area contributed by atoms with Crippen molar-refractivity contribution in [1.82, 2.24) is 0 Å². The Bertz CT molecular complexity index is 469. The molecule has 1 unspecified atom stereocenters. The third-order valence-corrected chi connectivity index (χ3v) is 4.98. The Morgan fingerprint density at radius 1 is 1.28 bits per heavy atom. The first-order valence-corrected chi connectivity index (χ1v) is 7.97. The fourth-order valence-corrected chi connectivity index (χ4v) is 2.97. The van der Waals surface area contributed by atoms with Crippen LogP contribution in [0.3, 0.4) is 0 Å². The molecule has 1 N–H and O–H groups in total. The Balaban J connectivity index is 2.83. The lowest BCUT2D eigenvalue weighted by Crippen LogP contribution is -2.26. The van der Waals surface area contributed by atoms with E-state index in [1.165, 1.54) is 19.1 Å². The van der Waals surface area contributed by atoms with Gasteiger partial charge in [-0.15, -0.1) is 0 Å². The molecule has 0 saturated heterocycles. The number of hydrogen-bond acceptors (Lipinski definition) is 4. The third-order valence-electron chi connectivity index (χ3n) is 2.54. The van der Waals surface area contributed by atoms with Gasteiger partial charge < -0.3 is 9.84 Å². The first-order valence-electron chi connectivity index (χ1n) is 5.63. The Morgan fingerprint density at radius 3 is 2.33 bits per heavy atom. The normalized spacial score (nSPS) is 15.3. The highest BCUT2D eigenvalue weighted by molar-refractivity contribution is 9.10. The zero-order valence-corrected chi connectivity index (χ0v) is 12.7. The van der Waals surface area contributed by atoms with Crippen LogP contribution in [0, 0.1) is 0 Å². The predicted molar refractivity (Wildman–Crippen MR) is 73.0 cm³/mol. The summed E-state index contributed by atoms with van der Waals surface area (Å²) in [6.07, 6.45) is 0.121. The van der Waals surface area contributed by atoms with Crippen molar-refractivity contribution in [2.45, 2.75) is 36.7 Å². The van der Waals surface area contributed by atoms with Crippen LogP contribution in [0.2, 0.25) is 0 Å². The lowest BCUT2D eigenvalue weighted by atomic mass is 10.3. The van der Waals surface area contributed by atoms with Gasteiger partial charge in [-0.1, -0.05) is 15.9 Å². The van der Waals surface area contributed by atoms with E-state index in [-0.39, 0.29) is 17.6 Å². The highest BCUT2D eigenvalue weighted by atomic mass is 79.9. The predicted octanol–water partition coefficient (Wildman–Crippen LogP) is 2.36. The highest BCUT2D eigenvalue weighted by Gasteiger charge is 2.25. The van der Waals surface area contributed by atoms with Gasteiger partial charge in [0.15, 0.2) is 5.44 Å². The highest BCUT2D eigenvalue weighted by Crippen LogP contribution is 2.20. The van der Waals surface area contributed by atoms with Crippen LogP contribution in [0.1, 0.15) is 20.3 Å². The number of halogens is 1. The molecular weight excluding hydrogens is 320 g/mol. The fraction of sp³-hybridized carbons (Fsp3) is 0.500. The Kier molecular flexibility index (Phi) is 5.78. The Labute approximate surface area is 116 Å². The van der Waals surface area contributed by atoms with Gasteiger partial charge in [-0.3, -0.25) is 0 Å². The zero-order chi connectivity index (χ0) is 13.8. The summed E-state index contributed by atoms with van der Waals surface area (Å²) in [6.45, 7) is 3.22. The maximum Gasteiger partial charge on any atom is 0.204 e. The molecular formula is C12H17BrO4S. The molecule has 1 aromatic carbocycles. The van der Waals surface area contributed by atoms with E-state index in [1.807, 2.05) is 0 Å². The lowest BCUT2D eigenvalue weighted by Gasteiger charge is -2.18. The fourth-order valence-electron chi connectivity index (χ4n) is 1.47. The minimum Gasteiger partial charge on any atom is -0.396 e. The molecule has 0 aliphatic heterocycles.